The van der Waals surface area contributed by atoms with Gasteiger partial charge in [-0.3, -0.25) is 0 Å². The van der Waals surface area contributed by atoms with Crippen LogP contribution in [-0.4, -0.2) is 12.1 Å². The molecule has 1 heterocycles. The third-order valence-electron chi connectivity index (χ3n) is 3.28. The van der Waals surface area contributed by atoms with E-state index in [1.807, 2.05) is 0 Å². The van der Waals surface area contributed by atoms with E-state index in [-0.39, 0.29) is 0 Å². The Morgan fingerprint density at radius 1 is 1.45 bits per heavy atom. The van der Waals surface area contributed by atoms with Crippen molar-refractivity contribution in [2.75, 3.05) is 6.54 Å². The van der Waals surface area contributed by atoms with Gasteiger partial charge in [0.15, 0.2) is 0 Å². The molecule has 11 heavy (non-hydrogen) atoms. The van der Waals surface area contributed by atoms with Gasteiger partial charge in [-0.1, -0.05) is 6.08 Å². The minimum absolute atomic E-state index is 0.510. The monoisotopic (exact) mass is 152 g/mol. The Hall–Kier alpha value is -0.300. The molecule has 0 saturated heterocycles. The van der Waals surface area contributed by atoms with Gasteiger partial charge in [0.1, 0.15) is 5.54 Å². The fourth-order valence-electron chi connectivity index (χ4n) is 2.48. The molecule has 0 radical (unpaired) electrons. The van der Waals surface area contributed by atoms with E-state index in [1.54, 1.807) is 5.57 Å². The van der Waals surface area contributed by atoms with Gasteiger partial charge in [0, 0.05) is 12.8 Å². The Bertz CT molecular complexity index is 183. The van der Waals surface area contributed by atoms with E-state index in [9.17, 15) is 0 Å². The van der Waals surface area contributed by atoms with Crippen molar-refractivity contribution in [1.29, 1.82) is 0 Å². The van der Waals surface area contributed by atoms with Gasteiger partial charge in [-0.15, -0.1) is 0 Å². The zero-order valence-corrected chi connectivity index (χ0v) is 7.40. The van der Waals surface area contributed by atoms with Crippen LogP contribution in [0.5, 0.6) is 0 Å². The first-order valence-electron chi connectivity index (χ1n) is 4.85. The maximum absolute atomic E-state index is 2.54. The van der Waals surface area contributed by atoms with Crippen molar-refractivity contribution in [3.8, 4) is 0 Å². The summed E-state index contributed by atoms with van der Waals surface area (Å²) in [7, 11) is 0. The zero-order chi connectivity index (χ0) is 7.73. The third-order valence-corrected chi connectivity index (χ3v) is 3.28. The Morgan fingerprint density at radius 3 is 3.18 bits per heavy atom. The van der Waals surface area contributed by atoms with Crippen LogP contribution < -0.4 is 5.32 Å². The van der Waals surface area contributed by atoms with Crippen molar-refractivity contribution >= 4 is 0 Å². The lowest BCUT2D eigenvalue weighted by Gasteiger charge is -2.36. The maximum atomic E-state index is 2.54. The topological polar surface area (TPSA) is 16.6 Å². The van der Waals surface area contributed by atoms with E-state index in [2.05, 4.69) is 18.3 Å². The smallest absolute Gasteiger partial charge is 0.115 e. The number of hydrogen-bond donors (Lipinski definition) is 1. The Morgan fingerprint density at radius 2 is 2.36 bits per heavy atom. The van der Waals surface area contributed by atoms with Crippen molar-refractivity contribution in [1.82, 2.24) is 0 Å². The number of rotatable bonds is 0. The molecule has 1 nitrogen and oxygen atoms in total. The summed E-state index contributed by atoms with van der Waals surface area (Å²) in [6.07, 6.45) is 9.41. The van der Waals surface area contributed by atoms with Crippen LogP contribution in [0.4, 0.5) is 0 Å². The van der Waals surface area contributed by atoms with Crippen LogP contribution >= 0.6 is 0 Å². The van der Waals surface area contributed by atoms with Gasteiger partial charge in [-0.25, -0.2) is 0 Å². The Kier molecular flexibility index (Phi) is 1.76. The molecule has 2 rings (SSSR count). The molecular weight excluding hydrogens is 134 g/mol. The SMILES string of the molecule is CC12CCCCC1=CCC[NH2+]2. The number of nitrogens with two attached hydrogens (primary N) is 1. The minimum Gasteiger partial charge on any atom is -0.338 e. The first-order chi connectivity index (χ1) is 5.31. The van der Waals surface area contributed by atoms with Gasteiger partial charge in [0.2, 0.25) is 0 Å². The predicted molar refractivity (Wildman–Crippen MR) is 46.4 cm³/mol. The molecule has 1 aliphatic carbocycles. The first-order valence-corrected chi connectivity index (χ1v) is 4.85. The van der Waals surface area contributed by atoms with Crippen molar-refractivity contribution in [2.45, 2.75) is 44.6 Å². The highest BCUT2D eigenvalue weighted by Gasteiger charge is 2.35. The Labute approximate surface area is 68.9 Å². The average molecular weight is 152 g/mol. The van der Waals surface area contributed by atoms with Gasteiger partial charge in [0.25, 0.3) is 0 Å². The fourth-order valence-corrected chi connectivity index (χ4v) is 2.48. The third kappa shape index (κ3) is 1.22. The second-order valence-electron chi connectivity index (χ2n) is 4.14. The second kappa shape index (κ2) is 2.63. The molecule has 0 amide bonds. The summed E-state index contributed by atoms with van der Waals surface area (Å²) in [5, 5.41) is 2.54. The molecule has 0 aromatic carbocycles. The van der Waals surface area contributed by atoms with Crippen LogP contribution in [-0.2, 0) is 0 Å². The van der Waals surface area contributed by atoms with Crippen LogP contribution in [0.1, 0.15) is 39.0 Å². The van der Waals surface area contributed by atoms with Gasteiger partial charge >= 0.3 is 0 Å². The molecular formula is C10H18N+. The fraction of sp³-hybridized carbons (Fsp3) is 0.800. The minimum atomic E-state index is 0.510. The van der Waals surface area contributed by atoms with Crippen LogP contribution in [0.3, 0.4) is 0 Å². The number of quaternary nitrogens is 1. The van der Waals surface area contributed by atoms with E-state index in [0.717, 1.165) is 0 Å². The van der Waals surface area contributed by atoms with E-state index in [4.69, 9.17) is 0 Å². The van der Waals surface area contributed by atoms with Crippen molar-refractivity contribution in [3.63, 3.8) is 0 Å². The molecule has 1 fully saturated rings. The van der Waals surface area contributed by atoms with E-state index in [1.165, 1.54) is 38.6 Å². The molecule has 1 saturated carbocycles. The largest absolute Gasteiger partial charge is 0.338 e. The van der Waals surface area contributed by atoms with Crippen LogP contribution in [0.2, 0.25) is 0 Å². The van der Waals surface area contributed by atoms with E-state index in [0.29, 0.717) is 5.54 Å². The van der Waals surface area contributed by atoms with Gasteiger partial charge in [-0.05, 0) is 31.8 Å². The standard InChI is InChI=1S/C10H17N/c1-10-7-3-2-5-9(10)6-4-8-11-10/h6,11H,2-5,7-8H2,1H3/p+1. The summed E-state index contributed by atoms with van der Waals surface area (Å²) in [4.78, 5) is 0. The average Bonchev–Trinajstić information content (AvgIpc) is 2.03. The highest BCUT2D eigenvalue weighted by molar-refractivity contribution is 5.18. The number of fused-ring (bicyclic) bond motifs is 1. The molecule has 62 valence electrons. The first kappa shape index (κ1) is 7.35. The van der Waals surface area contributed by atoms with Crippen molar-refractivity contribution in [3.05, 3.63) is 11.6 Å². The van der Waals surface area contributed by atoms with Crippen LogP contribution in [0, 0.1) is 0 Å². The molecule has 2 N–H and O–H groups in total. The lowest BCUT2D eigenvalue weighted by molar-refractivity contribution is -0.719. The maximum Gasteiger partial charge on any atom is 0.115 e. The van der Waals surface area contributed by atoms with Crippen LogP contribution in [0.25, 0.3) is 0 Å². The molecule has 1 heteroatoms. The van der Waals surface area contributed by atoms with Gasteiger partial charge in [-0.2, -0.15) is 0 Å². The molecule has 0 spiro atoms. The molecule has 2 aliphatic rings. The molecule has 1 unspecified atom stereocenters. The lowest BCUT2D eigenvalue weighted by Crippen LogP contribution is -2.97. The summed E-state index contributed by atoms with van der Waals surface area (Å²) in [6, 6.07) is 0. The molecule has 1 aliphatic heterocycles. The Balaban J connectivity index is 2.22. The van der Waals surface area contributed by atoms with Crippen molar-refractivity contribution < 1.29 is 5.32 Å². The predicted octanol–water partition coefficient (Wildman–Crippen LogP) is 1.21. The summed E-state index contributed by atoms with van der Waals surface area (Å²) >= 11 is 0. The molecule has 0 aromatic heterocycles. The van der Waals surface area contributed by atoms with Crippen molar-refractivity contribution in [2.24, 2.45) is 0 Å². The van der Waals surface area contributed by atoms with E-state index < -0.39 is 0 Å². The second-order valence-corrected chi connectivity index (χ2v) is 4.14. The normalized spacial score (nSPS) is 37.7. The summed E-state index contributed by atoms with van der Waals surface area (Å²) < 4.78 is 0. The molecule has 0 aromatic rings. The summed E-state index contributed by atoms with van der Waals surface area (Å²) in [5.74, 6) is 0. The zero-order valence-electron chi connectivity index (χ0n) is 7.40. The summed E-state index contributed by atoms with van der Waals surface area (Å²) in [5.41, 5.74) is 2.24. The highest BCUT2D eigenvalue weighted by Crippen LogP contribution is 2.31. The van der Waals surface area contributed by atoms with Gasteiger partial charge in [0.05, 0.1) is 6.54 Å². The highest BCUT2D eigenvalue weighted by atomic mass is 15.0. The lowest BCUT2D eigenvalue weighted by atomic mass is 9.76. The molecule has 0 bridgehead atoms. The van der Waals surface area contributed by atoms with E-state index >= 15 is 0 Å². The van der Waals surface area contributed by atoms with Gasteiger partial charge < -0.3 is 5.32 Å². The number of hydrogen-bond acceptors (Lipinski definition) is 0. The molecule has 1 atom stereocenters. The quantitative estimate of drug-likeness (QED) is 0.502. The summed E-state index contributed by atoms with van der Waals surface area (Å²) in [6.45, 7) is 3.72. The van der Waals surface area contributed by atoms with Crippen LogP contribution in [0.15, 0.2) is 11.6 Å².